The summed E-state index contributed by atoms with van der Waals surface area (Å²) in [6, 6.07) is 14.5. The summed E-state index contributed by atoms with van der Waals surface area (Å²) in [5.41, 5.74) is 0.505. The molecule has 0 spiro atoms. The van der Waals surface area contributed by atoms with Gasteiger partial charge in [-0.2, -0.15) is 0 Å². The van der Waals surface area contributed by atoms with E-state index in [0.29, 0.717) is 10.9 Å². The highest BCUT2D eigenvalue weighted by Gasteiger charge is 2.28. The standard InChI is InChI=1S/C18H16N2O4S/c1-12(21)17-15-10-6-7-11-16(15)20(18(17)19-13(2)22)25(23,24)14-8-4-3-5-9-14/h3-11H,1-2H3,(H,19,22). The molecule has 0 saturated carbocycles. The fraction of sp³-hybridized carbons (Fsp3) is 0.111. The second-order valence-corrected chi connectivity index (χ2v) is 7.35. The predicted molar refractivity (Wildman–Crippen MR) is 95.3 cm³/mol. The molecule has 1 N–H and O–H groups in total. The minimum absolute atomic E-state index is 0.0370. The summed E-state index contributed by atoms with van der Waals surface area (Å²) in [5, 5.41) is 2.98. The lowest BCUT2D eigenvalue weighted by molar-refractivity contribution is -0.114. The number of benzene rings is 2. The zero-order valence-electron chi connectivity index (χ0n) is 13.7. The van der Waals surface area contributed by atoms with Crippen molar-refractivity contribution < 1.29 is 18.0 Å². The van der Waals surface area contributed by atoms with Crippen molar-refractivity contribution in [2.24, 2.45) is 0 Å². The molecule has 0 aliphatic rings. The summed E-state index contributed by atoms with van der Waals surface area (Å²) in [6.07, 6.45) is 0. The molecule has 0 fully saturated rings. The van der Waals surface area contributed by atoms with Gasteiger partial charge in [0, 0.05) is 12.3 Å². The molecule has 1 aromatic heterocycles. The van der Waals surface area contributed by atoms with Crippen LogP contribution < -0.4 is 5.32 Å². The van der Waals surface area contributed by atoms with E-state index in [1.54, 1.807) is 42.5 Å². The van der Waals surface area contributed by atoms with Crippen LogP contribution in [0.3, 0.4) is 0 Å². The molecule has 6 nitrogen and oxygen atoms in total. The Kier molecular flexibility index (Phi) is 4.18. The van der Waals surface area contributed by atoms with Gasteiger partial charge in [-0.1, -0.05) is 36.4 Å². The van der Waals surface area contributed by atoms with E-state index >= 15 is 0 Å². The first-order valence-corrected chi connectivity index (χ1v) is 9.00. The van der Waals surface area contributed by atoms with Gasteiger partial charge in [0.2, 0.25) is 5.91 Å². The molecule has 3 aromatic rings. The lowest BCUT2D eigenvalue weighted by atomic mass is 10.1. The van der Waals surface area contributed by atoms with Crippen LogP contribution in [0.15, 0.2) is 59.5 Å². The first-order chi connectivity index (χ1) is 11.8. The number of carbonyl (C=O) groups excluding carboxylic acids is 2. The second kappa shape index (κ2) is 6.18. The van der Waals surface area contributed by atoms with E-state index in [4.69, 9.17) is 0 Å². The van der Waals surface area contributed by atoms with Crippen molar-refractivity contribution >= 4 is 38.4 Å². The number of hydrogen-bond acceptors (Lipinski definition) is 4. The molecule has 0 atom stereocenters. The van der Waals surface area contributed by atoms with Crippen LogP contribution in [0.4, 0.5) is 5.82 Å². The lowest BCUT2D eigenvalue weighted by Gasteiger charge is -2.12. The Hall–Kier alpha value is -2.93. The number of hydrogen-bond donors (Lipinski definition) is 1. The van der Waals surface area contributed by atoms with Crippen molar-refractivity contribution in [2.45, 2.75) is 18.7 Å². The number of fused-ring (bicyclic) bond motifs is 1. The zero-order valence-corrected chi connectivity index (χ0v) is 14.5. The van der Waals surface area contributed by atoms with Crippen molar-refractivity contribution in [3.63, 3.8) is 0 Å². The number of nitrogens with one attached hydrogen (secondary N) is 1. The molecule has 1 amide bonds. The summed E-state index contributed by atoms with van der Waals surface area (Å²) >= 11 is 0. The molecule has 2 aromatic carbocycles. The highest BCUT2D eigenvalue weighted by atomic mass is 32.2. The number of Topliss-reactive ketones (excluding diaryl/α,β-unsaturated/α-hetero) is 1. The number of rotatable bonds is 4. The number of anilines is 1. The van der Waals surface area contributed by atoms with Gasteiger partial charge in [0.25, 0.3) is 10.0 Å². The highest BCUT2D eigenvalue weighted by molar-refractivity contribution is 7.90. The average Bonchev–Trinajstić information content (AvgIpc) is 2.89. The average molecular weight is 356 g/mol. The summed E-state index contributed by atoms with van der Waals surface area (Å²) in [5.74, 6) is -0.832. The number of aromatic nitrogens is 1. The SMILES string of the molecule is CC(=O)Nc1c(C(C)=O)c2ccccc2n1S(=O)(=O)c1ccccc1. The van der Waals surface area contributed by atoms with Crippen molar-refractivity contribution in [2.75, 3.05) is 5.32 Å². The minimum atomic E-state index is -4.00. The number of nitrogens with zero attached hydrogens (tertiary/aromatic N) is 1. The monoisotopic (exact) mass is 356 g/mol. The lowest BCUT2D eigenvalue weighted by Crippen LogP contribution is -2.19. The van der Waals surface area contributed by atoms with Crippen LogP contribution in [0, 0.1) is 0 Å². The fourth-order valence-corrected chi connectivity index (χ4v) is 4.30. The predicted octanol–water partition coefficient (Wildman–Crippen LogP) is 3.04. The number of carbonyl (C=O) groups is 2. The van der Waals surface area contributed by atoms with Crippen molar-refractivity contribution in [3.8, 4) is 0 Å². The van der Waals surface area contributed by atoms with E-state index < -0.39 is 15.9 Å². The number of ketones is 1. The molecule has 128 valence electrons. The smallest absolute Gasteiger partial charge is 0.269 e. The number of para-hydroxylation sites is 1. The Morgan fingerprint density at radius 1 is 0.920 bits per heavy atom. The highest BCUT2D eigenvalue weighted by Crippen LogP contribution is 2.34. The second-order valence-electron chi connectivity index (χ2n) is 5.56. The van der Waals surface area contributed by atoms with Gasteiger partial charge in [0.1, 0.15) is 5.82 Å². The summed E-state index contributed by atoms with van der Waals surface area (Å²) < 4.78 is 27.4. The summed E-state index contributed by atoms with van der Waals surface area (Å²) in [7, 11) is -4.00. The molecule has 0 aliphatic heterocycles. The Bertz CT molecular complexity index is 1080. The van der Waals surface area contributed by atoms with Gasteiger partial charge in [-0.3, -0.25) is 9.59 Å². The molecule has 7 heteroatoms. The van der Waals surface area contributed by atoms with Gasteiger partial charge >= 0.3 is 0 Å². The Morgan fingerprint density at radius 2 is 1.52 bits per heavy atom. The Morgan fingerprint density at radius 3 is 2.12 bits per heavy atom. The van der Waals surface area contributed by atoms with Crippen molar-refractivity contribution in [3.05, 3.63) is 60.2 Å². The molecule has 0 aliphatic carbocycles. The summed E-state index contributed by atoms with van der Waals surface area (Å²) in [4.78, 5) is 23.9. The van der Waals surface area contributed by atoms with E-state index in [0.717, 1.165) is 3.97 Å². The van der Waals surface area contributed by atoms with Gasteiger partial charge in [-0.15, -0.1) is 0 Å². The third-order valence-electron chi connectivity index (χ3n) is 3.76. The van der Waals surface area contributed by atoms with Crippen LogP contribution in [-0.2, 0) is 14.8 Å². The van der Waals surface area contributed by atoms with Crippen LogP contribution >= 0.6 is 0 Å². The van der Waals surface area contributed by atoms with E-state index in [1.165, 1.54) is 26.0 Å². The number of amides is 1. The van der Waals surface area contributed by atoms with E-state index in [1.807, 2.05) is 0 Å². The maximum atomic E-state index is 13.2. The fourth-order valence-electron chi connectivity index (χ4n) is 2.80. The molecule has 1 heterocycles. The minimum Gasteiger partial charge on any atom is -0.311 e. The van der Waals surface area contributed by atoms with Crippen LogP contribution in [0.1, 0.15) is 24.2 Å². The van der Waals surface area contributed by atoms with Gasteiger partial charge in [0.05, 0.1) is 16.0 Å². The molecule has 0 radical (unpaired) electrons. The molecular weight excluding hydrogens is 340 g/mol. The van der Waals surface area contributed by atoms with E-state index in [-0.39, 0.29) is 22.1 Å². The van der Waals surface area contributed by atoms with E-state index in [2.05, 4.69) is 5.32 Å². The maximum Gasteiger partial charge on any atom is 0.269 e. The van der Waals surface area contributed by atoms with Crippen LogP contribution in [0.2, 0.25) is 0 Å². The van der Waals surface area contributed by atoms with Crippen LogP contribution in [-0.4, -0.2) is 24.1 Å². The quantitative estimate of drug-likeness (QED) is 0.728. The molecule has 0 saturated heterocycles. The van der Waals surface area contributed by atoms with Crippen LogP contribution in [0.5, 0.6) is 0 Å². The van der Waals surface area contributed by atoms with Gasteiger partial charge in [-0.25, -0.2) is 12.4 Å². The maximum absolute atomic E-state index is 13.2. The van der Waals surface area contributed by atoms with E-state index in [9.17, 15) is 18.0 Å². The Labute approximate surface area is 145 Å². The molecule has 0 bridgehead atoms. The van der Waals surface area contributed by atoms with Gasteiger partial charge in [0.15, 0.2) is 5.78 Å². The van der Waals surface area contributed by atoms with Gasteiger partial charge < -0.3 is 5.32 Å². The molecule has 3 rings (SSSR count). The topological polar surface area (TPSA) is 85.2 Å². The Balaban J connectivity index is 2.46. The van der Waals surface area contributed by atoms with Crippen LogP contribution in [0.25, 0.3) is 10.9 Å². The first-order valence-electron chi connectivity index (χ1n) is 7.56. The molecule has 25 heavy (non-hydrogen) atoms. The van der Waals surface area contributed by atoms with Crippen molar-refractivity contribution in [1.29, 1.82) is 0 Å². The normalized spacial score (nSPS) is 11.4. The van der Waals surface area contributed by atoms with Crippen molar-refractivity contribution in [1.82, 2.24) is 3.97 Å². The largest absolute Gasteiger partial charge is 0.311 e. The molecular formula is C18H16N2O4S. The third-order valence-corrected chi connectivity index (χ3v) is 5.49. The molecule has 0 unspecified atom stereocenters. The third kappa shape index (κ3) is 2.83. The van der Waals surface area contributed by atoms with Gasteiger partial charge in [-0.05, 0) is 25.1 Å². The zero-order chi connectivity index (χ0) is 18.2. The first kappa shape index (κ1) is 16.9. The summed E-state index contributed by atoms with van der Waals surface area (Å²) in [6.45, 7) is 2.60.